The van der Waals surface area contributed by atoms with Gasteiger partial charge in [0.15, 0.2) is 11.6 Å². The van der Waals surface area contributed by atoms with Gasteiger partial charge >= 0.3 is 0 Å². The van der Waals surface area contributed by atoms with Gasteiger partial charge in [-0.2, -0.15) is 5.10 Å². The third kappa shape index (κ3) is 5.67. The van der Waals surface area contributed by atoms with Crippen molar-refractivity contribution in [3.05, 3.63) is 89.9 Å². The lowest BCUT2D eigenvalue weighted by Gasteiger charge is -2.08. The molecule has 0 aliphatic heterocycles. The highest BCUT2D eigenvalue weighted by atomic mass is 16.5. The lowest BCUT2D eigenvalue weighted by Crippen LogP contribution is -2.25. The molecule has 4 rings (SSSR count). The molecule has 0 aliphatic carbocycles. The van der Waals surface area contributed by atoms with E-state index < -0.39 is 0 Å². The van der Waals surface area contributed by atoms with Gasteiger partial charge in [0.2, 0.25) is 0 Å². The Morgan fingerprint density at radius 2 is 1.74 bits per heavy atom. The quantitative estimate of drug-likeness (QED) is 0.352. The van der Waals surface area contributed by atoms with E-state index in [9.17, 15) is 4.79 Å². The first kappa shape index (κ1) is 23.2. The molecule has 174 valence electrons. The highest BCUT2D eigenvalue weighted by molar-refractivity contribution is 5.92. The van der Waals surface area contributed by atoms with E-state index in [0.29, 0.717) is 36.0 Å². The smallest absolute Gasteiger partial charge is 0.269 e. The number of benzene rings is 2. The van der Waals surface area contributed by atoms with Gasteiger partial charge < -0.3 is 10.1 Å². The molecule has 1 N–H and O–H groups in total. The van der Waals surface area contributed by atoms with Gasteiger partial charge in [-0.25, -0.2) is 14.6 Å². The second kappa shape index (κ2) is 11.2. The maximum absolute atomic E-state index is 12.7. The first-order valence-electron chi connectivity index (χ1n) is 11.6. The van der Waals surface area contributed by atoms with E-state index in [1.807, 2.05) is 49.4 Å². The fraction of sp³-hybridized carbons (Fsp3) is 0.259. The van der Waals surface area contributed by atoms with Gasteiger partial charge in [-0.05, 0) is 61.2 Å². The molecule has 0 spiro atoms. The second-order valence-corrected chi connectivity index (χ2v) is 7.92. The normalized spacial score (nSPS) is 10.8. The molecule has 0 fully saturated rings. The first-order valence-corrected chi connectivity index (χ1v) is 11.6. The van der Waals surface area contributed by atoms with Gasteiger partial charge in [0.25, 0.3) is 5.91 Å². The summed E-state index contributed by atoms with van der Waals surface area (Å²) in [5, 5.41) is 7.61. The molecule has 1 amide bonds. The van der Waals surface area contributed by atoms with E-state index in [0.717, 1.165) is 30.7 Å². The molecule has 7 nitrogen and oxygen atoms in total. The minimum atomic E-state index is -0.187. The fourth-order valence-electron chi connectivity index (χ4n) is 3.65. The monoisotopic (exact) mass is 455 g/mol. The third-order valence-electron chi connectivity index (χ3n) is 5.52. The van der Waals surface area contributed by atoms with Crippen molar-refractivity contribution in [2.24, 2.45) is 0 Å². The van der Waals surface area contributed by atoms with Gasteiger partial charge in [-0.15, -0.1) is 0 Å². The van der Waals surface area contributed by atoms with Crippen LogP contribution in [-0.2, 0) is 12.8 Å². The van der Waals surface area contributed by atoms with Crippen LogP contribution in [0.5, 0.6) is 5.75 Å². The lowest BCUT2D eigenvalue weighted by atomic mass is 10.1. The second-order valence-electron chi connectivity index (χ2n) is 7.92. The minimum Gasteiger partial charge on any atom is -0.497 e. The summed E-state index contributed by atoms with van der Waals surface area (Å²) in [6.07, 6.45) is 3.62. The molecule has 34 heavy (non-hydrogen) atoms. The molecule has 0 bridgehead atoms. The molecule has 0 unspecified atom stereocenters. The zero-order valence-corrected chi connectivity index (χ0v) is 19.6. The van der Waals surface area contributed by atoms with Crippen LogP contribution in [0.15, 0.2) is 72.8 Å². The van der Waals surface area contributed by atoms with E-state index in [1.165, 1.54) is 5.56 Å². The number of aryl methyl sites for hydroxylation is 2. The lowest BCUT2D eigenvalue weighted by molar-refractivity contribution is 0.0948. The summed E-state index contributed by atoms with van der Waals surface area (Å²) in [6, 6.07) is 23.4. The summed E-state index contributed by atoms with van der Waals surface area (Å²) in [5.41, 5.74) is 3.12. The number of aromatic nitrogens is 4. The molecule has 2 heterocycles. The molecule has 0 aliphatic rings. The molecule has 4 aromatic rings. The highest BCUT2D eigenvalue weighted by Gasteiger charge is 2.16. The maximum Gasteiger partial charge on any atom is 0.269 e. The van der Waals surface area contributed by atoms with Gasteiger partial charge in [0.1, 0.15) is 17.1 Å². The average Bonchev–Trinajstić information content (AvgIpc) is 3.34. The number of pyridine rings is 1. The zero-order chi connectivity index (χ0) is 23.8. The molecule has 0 saturated heterocycles. The molecular formula is C27H29N5O2. The van der Waals surface area contributed by atoms with E-state index >= 15 is 0 Å². The van der Waals surface area contributed by atoms with Crippen LogP contribution < -0.4 is 10.1 Å². The van der Waals surface area contributed by atoms with Crippen molar-refractivity contribution < 1.29 is 9.53 Å². The Labute approximate surface area is 199 Å². The zero-order valence-electron chi connectivity index (χ0n) is 19.6. The van der Waals surface area contributed by atoms with Crippen molar-refractivity contribution in [3.8, 4) is 23.0 Å². The van der Waals surface area contributed by atoms with Crippen molar-refractivity contribution in [2.45, 2.75) is 32.6 Å². The van der Waals surface area contributed by atoms with Crippen LogP contribution in [0.3, 0.4) is 0 Å². The van der Waals surface area contributed by atoms with Crippen molar-refractivity contribution in [1.82, 2.24) is 25.1 Å². The Kier molecular flexibility index (Phi) is 7.65. The molecule has 0 atom stereocenters. The van der Waals surface area contributed by atoms with Crippen LogP contribution in [0.2, 0.25) is 0 Å². The molecule has 0 saturated carbocycles. The molecular weight excluding hydrogens is 426 g/mol. The van der Waals surface area contributed by atoms with Crippen molar-refractivity contribution in [1.29, 1.82) is 0 Å². The van der Waals surface area contributed by atoms with Gasteiger partial charge in [0.05, 0.1) is 12.8 Å². The summed E-state index contributed by atoms with van der Waals surface area (Å²) in [4.78, 5) is 22.0. The number of unbranched alkanes of at least 4 members (excludes halogenated alkanes) is 1. The van der Waals surface area contributed by atoms with Crippen LogP contribution in [0.4, 0.5) is 0 Å². The van der Waals surface area contributed by atoms with Gasteiger partial charge in [-0.1, -0.05) is 43.3 Å². The number of rotatable bonds is 10. The summed E-state index contributed by atoms with van der Waals surface area (Å²) < 4.78 is 7.01. The number of amides is 1. The predicted octanol–water partition coefficient (Wildman–Crippen LogP) is 4.65. The SMILES string of the molecule is CCc1nc(-c2cccc(C(=O)NCCCCc3ccccc3)n2)n(-c2ccc(OC)cc2)n1. The highest BCUT2D eigenvalue weighted by Crippen LogP contribution is 2.22. The molecule has 7 heteroatoms. The van der Waals surface area contributed by atoms with E-state index in [4.69, 9.17) is 4.74 Å². The topological polar surface area (TPSA) is 81.9 Å². The average molecular weight is 456 g/mol. The van der Waals surface area contributed by atoms with Crippen LogP contribution >= 0.6 is 0 Å². The third-order valence-corrected chi connectivity index (χ3v) is 5.52. The van der Waals surface area contributed by atoms with Gasteiger partial charge in [-0.3, -0.25) is 4.79 Å². The summed E-state index contributed by atoms with van der Waals surface area (Å²) >= 11 is 0. The number of carbonyl (C=O) groups excluding carboxylic acids is 1. The van der Waals surface area contributed by atoms with E-state index in [-0.39, 0.29) is 5.91 Å². The number of nitrogens with zero attached hydrogens (tertiary/aromatic N) is 4. The molecule has 0 radical (unpaired) electrons. The maximum atomic E-state index is 12.7. The number of methoxy groups -OCH3 is 1. The van der Waals surface area contributed by atoms with Crippen molar-refractivity contribution >= 4 is 5.91 Å². The van der Waals surface area contributed by atoms with Crippen LogP contribution in [-0.4, -0.2) is 39.3 Å². The Hall–Kier alpha value is -4.00. The summed E-state index contributed by atoms with van der Waals surface area (Å²) in [7, 11) is 1.63. The number of hydrogen-bond acceptors (Lipinski definition) is 5. The Balaban J connectivity index is 1.44. The molecule has 2 aromatic heterocycles. The largest absolute Gasteiger partial charge is 0.497 e. The van der Waals surface area contributed by atoms with Crippen LogP contribution in [0.1, 0.15) is 41.6 Å². The number of carbonyl (C=O) groups is 1. The van der Waals surface area contributed by atoms with Crippen LogP contribution in [0.25, 0.3) is 17.2 Å². The van der Waals surface area contributed by atoms with E-state index in [2.05, 4.69) is 44.6 Å². The van der Waals surface area contributed by atoms with Gasteiger partial charge in [0, 0.05) is 13.0 Å². The van der Waals surface area contributed by atoms with Crippen molar-refractivity contribution in [2.75, 3.05) is 13.7 Å². The Bertz CT molecular complexity index is 1220. The first-order chi connectivity index (χ1) is 16.7. The van der Waals surface area contributed by atoms with Crippen LogP contribution in [0, 0.1) is 0 Å². The Morgan fingerprint density at radius 1 is 0.941 bits per heavy atom. The fourth-order valence-corrected chi connectivity index (χ4v) is 3.65. The Morgan fingerprint density at radius 3 is 2.47 bits per heavy atom. The number of ether oxygens (including phenoxy) is 1. The molecule has 2 aromatic carbocycles. The number of hydrogen-bond donors (Lipinski definition) is 1. The number of nitrogens with one attached hydrogen (secondary N) is 1. The summed E-state index contributed by atoms with van der Waals surface area (Å²) in [5.74, 6) is 1.88. The van der Waals surface area contributed by atoms with E-state index in [1.54, 1.807) is 17.9 Å². The predicted molar refractivity (Wildman–Crippen MR) is 132 cm³/mol. The standard InChI is InChI=1S/C27H29N5O2/c1-3-25-30-26(32(31-25)21-15-17-22(34-2)18-16-21)23-13-9-14-24(29-23)27(33)28-19-8-7-12-20-10-5-4-6-11-20/h4-6,9-11,13-18H,3,7-8,12,19H2,1-2H3,(H,28,33). The summed E-state index contributed by atoms with van der Waals surface area (Å²) in [6.45, 7) is 2.62. The van der Waals surface area contributed by atoms with Crippen molar-refractivity contribution in [3.63, 3.8) is 0 Å². The minimum absolute atomic E-state index is 0.187.